The molecule has 4 heteroatoms. The fraction of sp³-hybridized carbons (Fsp3) is 0.278. The van der Waals surface area contributed by atoms with Crippen molar-refractivity contribution in [2.45, 2.75) is 13.5 Å². The van der Waals surface area contributed by atoms with Crippen molar-refractivity contribution < 1.29 is 14.6 Å². The molecule has 2 rings (SSSR count). The number of benzene rings is 2. The van der Waals surface area contributed by atoms with Crippen LogP contribution in [-0.4, -0.2) is 36.7 Å². The highest BCUT2D eigenvalue weighted by molar-refractivity contribution is 5.70. The molecule has 116 valence electrons. The van der Waals surface area contributed by atoms with Crippen LogP contribution in [0.2, 0.25) is 0 Å². The van der Waals surface area contributed by atoms with Crippen LogP contribution in [0, 0.1) is 6.92 Å². The van der Waals surface area contributed by atoms with Crippen LogP contribution in [0.3, 0.4) is 0 Å². The highest BCUT2D eigenvalue weighted by Crippen LogP contribution is 2.29. The van der Waals surface area contributed by atoms with Crippen LogP contribution in [0.5, 0.6) is 5.75 Å². The van der Waals surface area contributed by atoms with E-state index in [-0.39, 0.29) is 6.54 Å². The molecule has 22 heavy (non-hydrogen) atoms. The summed E-state index contributed by atoms with van der Waals surface area (Å²) in [5.41, 5.74) is 4.47. The van der Waals surface area contributed by atoms with Gasteiger partial charge in [-0.2, -0.15) is 0 Å². The summed E-state index contributed by atoms with van der Waals surface area (Å²) in [6.07, 6.45) is 0. The molecule has 4 nitrogen and oxygen atoms in total. The predicted molar refractivity (Wildman–Crippen MR) is 87.1 cm³/mol. The number of hydrogen-bond donors (Lipinski definition) is 1. The monoisotopic (exact) mass is 299 g/mol. The van der Waals surface area contributed by atoms with E-state index in [4.69, 9.17) is 9.84 Å². The van der Waals surface area contributed by atoms with Gasteiger partial charge >= 0.3 is 5.97 Å². The Hall–Kier alpha value is -2.33. The van der Waals surface area contributed by atoms with E-state index in [2.05, 4.69) is 25.1 Å². The van der Waals surface area contributed by atoms with E-state index in [1.165, 1.54) is 11.1 Å². The molecule has 0 aliphatic rings. The number of likely N-dealkylation sites (N-methyl/N-ethyl adjacent to an activating group) is 1. The molecule has 0 heterocycles. The second kappa shape index (κ2) is 7.09. The first-order valence-corrected chi connectivity index (χ1v) is 7.14. The Morgan fingerprint density at radius 2 is 1.95 bits per heavy atom. The molecule has 0 atom stereocenters. The van der Waals surface area contributed by atoms with Crippen molar-refractivity contribution in [3.05, 3.63) is 53.6 Å². The van der Waals surface area contributed by atoms with Crippen molar-refractivity contribution >= 4 is 5.97 Å². The first-order valence-electron chi connectivity index (χ1n) is 7.14. The molecule has 0 aliphatic carbocycles. The number of carboxylic acid groups (broad SMARTS) is 1. The molecule has 0 amide bonds. The number of ether oxygens (including phenoxy) is 1. The molecule has 2 aromatic rings. The van der Waals surface area contributed by atoms with Crippen LogP contribution in [0.4, 0.5) is 0 Å². The summed E-state index contributed by atoms with van der Waals surface area (Å²) in [7, 11) is 3.41. The SMILES string of the molecule is COc1ccc(-c2ccccc2C)cc1CN(C)CC(=O)O. The predicted octanol–water partition coefficient (Wildman–Crippen LogP) is 3.19. The molecule has 0 fully saturated rings. The van der Waals surface area contributed by atoms with Gasteiger partial charge in [0.05, 0.1) is 13.7 Å². The first-order chi connectivity index (χ1) is 10.5. The second-order valence-corrected chi connectivity index (χ2v) is 5.41. The largest absolute Gasteiger partial charge is 0.496 e. The average Bonchev–Trinajstić information content (AvgIpc) is 2.46. The molecule has 0 radical (unpaired) electrons. The number of hydrogen-bond acceptors (Lipinski definition) is 3. The maximum absolute atomic E-state index is 10.8. The first kappa shape index (κ1) is 16.0. The lowest BCUT2D eigenvalue weighted by Crippen LogP contribution is -2.25. The molecular formula is C18H21NO3. The van der Waals surface area contributed by atoms with Crippen LogP contribution in [0.15, 0.2) is 42.5 Å². The lowest BCUT2D eigenvalue weighted by atomic mass is 9.98. The van der Waals surface area contributed by atoms with Gasteiger partial charge in [0.2, 0.25) is 0 Å². The molecule has 2 aromatic carbocycles. The summed E-state index contributed by atoms with van der Waals surface area (Å²) in [6.45, 7) is 2.60. The molecule has 0 aliphatic heterocycles. The highest BCUT2D eigenvalue weighted by Gasteiger charge is 2.11. The van der Waals surface area contributed by atoms with E-state index in [0.29, 0.717) is 6.54 Å². The minimum absolute atomic E-state index is 0.00224. The van der Waals surface area contributed by atoms with Gasteiger partial charge in [0, 0.05) is 12.1 Å². The van der Waals surface area contributed by atoms with Crippen molar-refractivity contribution in [3.63, 3.8) is 0 Å². The number of aryl methyl sites for hydroxylation is 1. The van der Waals surface area contributed by atoms with Gasteiger partial charge in [-0.05, 0) is 42.8 Å². The number of carboxylic acids is 1. The number of methoxy groups -OCH3 is 1. The van der Waals surface area contributed by atoms with E-state index >= 15 is 0 Å². The molecular weight excluding hydrogens is 278 g/mol. The minimum atomic E-state index is -0.837. The van der Waals surface area contributed by atoms with Crippen LogP contribution in [0.25, 0.3) is 11.1 Å². The van der Waals surface area contributed by atoms with Crippen LogP contribution >= 0.6 is 0 Å². The smallest absolute Gasteiger partial charge is 0.317 e. The van der Waals surface area contributed by atoms with E-state index in [1.807, 2.05) is 24.3 Å². The molecule has 0 unspecified atom stereocenters. The van der Waals surface area contributed by atoms with Gasteiger partial charge in [-0.15, -0.1) is 0 Å². The molecule has 0 aromatic heterocycles. The van der Waals surface area contributed by atoms with Gasteiger partial charge in [-0.25, -0.2) is 0 Å². The van der Waals surface area contributed by atoms with Crippen molar-refractivity contribution in [1.29, 1.82) is 0 Å². The van der Waals surface area contributed by atoms with E-state index in [9.17, 15) is 4.79 Å². The van der Waals surface area contributed by atoms with E-state index < -0.39 is 5.97 Å². The Labute approximate surface area is 131 Å². The zero-order valence-electron chi connectivity index (χ0n) is 13.2. The Bertz CT molecular complexity index is 667. The van der Waals surface area contributed by atoms with Crippen molar-refractivity contribution in [2.24, 2.45) is 0 Å². The van der Waals surface area contributed by atoms with E-state index in [0.717, 1.165) is 16.9 Å². The van der Waals surface area contributed by atoms with Gasteiger partial charge in [0.15, 0.2) is 0 Å². The van der Waals surface area contributed by atoms with Crippen molar-refractivity contribution in [3.8, 4) is 16.9 Å². The summed E-state index contributed by atoms with van der Waals surface area (Å²) in [5, 5.41) is 8.88. The molecule has 0 spiro atoms. The third-order valence-electron chi connectivity index (χ3n) is 3.58. The number of rotatable bonds is 6. The molecule has 0 saturated carbocycles. The van der Waals surface area contributed by atoms with Crippen LogP contribution in [-0.2, 0) is 11.3 Å². The lowest BCUT2D eigenvalue weighted by Gasteiger charge is -2.17. The zero-order chi connectivity index (χ0) is 16.1. The fourth-order valence-corrected chi connectivity index (χ4v) is 2.54. The summed E-state index contributed by atoms with van der Waals surface area (Å²) in [6, 6.07) is 14.2. The number of nitrogens with zero attached hydrogens (tertiary/aromatic N) is 1. The van der Waals surface area contributed by atoms with Crippen molar-refractivity contribution in [2.75, 3.05) is 20.7 Å². The maximum atomic E-state index is 10.8. The summed E-state index contributed by atoms with van der Waals surface area (Å²) >= 11 is 0. The van der Waals surface area contributed by atoms with Crippen LogP contribution in [0.1, 0.15) is 11.1 Å². The Morgan fingerprint density at radius 1 is 1.23 bits per heavy atom. The van der Waals surface area contributed by atoms with E-state index in [1.54, 1.807) is 19.1 Å². The quantitative estimate of drug-likeness (QED) is 0.890. The Morgan fingerprint density at radius 3 is 2.59 bits per heavy atom. The fourth-order valence-electron chi connectivity index (χ4n) is 2.54. The summed E-state index contributed by atoms with van der Waals surface area (Å²) in [4.78, 5) is 12.6. The Kier molecular flexibility index (Phi) is 5.17. The van der Waals surface area contributed by atoms with Gasteiger partial charge in [0.25, 0.3) is 0 Å². The number of aliphatic carboxylic acids is 1. The van der Waals surface area contributed by atoms with Gasteiger partial charge < -0.3 is 9.84 Å². The lowest BCUT2D eigenvalue weighted by molar-refractivity contribution is -0.138. The topological polar surface area (TPSA) is 49.8 Å². The highest BCUT2D eigenvalue weighted by atomic mass is 16.5. The minimum Gasteiger partial charge on any atom is -0.496 e. The van der Waals surface area contributed by atoms with Gasteiger partial charge in [-0.3, -0.25) is 9.69 Å². The molecule has 0 saturated heterocycles. The third kappa shape index (κ3) is 3.86. The van der Waals surface area contributed by atoms with Crippen molar-refractivity contribution in [1.82, 2.24) is 4.90 Å². The normalized spacial score (nSPS) is 10.7. The third-order valence-corrected chi connectivity index (χ3v) is 3.58. The Balaban J connectivity index is 2.34. The summed E-state index contributed by atoms with van der Waals surface area (Å²) in [5.74, 6) is -0.0638. The molecule has 1 N–H and O–H groups in total. The zero-order valence-corrected chi connectivity index (χ0v) is 13.2. The van der Waals surface area contributed by atoms with Gasteiger partial charge in [-0.1, -0.05) is 30.3 Å². The average molecular weight is 299 g/mol. The number of carbonyl (C=O) groups is 1. The standard InChI is InChI=1S/C18H21NO3/c1-13-6-4-5-7-16(13)14-8-9-17(22-3)15(10-14)11-19(2)12-18(20)21/h4-10H,11-12H2,1-3H3,(H,20,21). The summed E-state index contributed by atoms with van der Waals surface area (Å²) < 4.78 is 5.40. The maximum Gasteiger partial charge on any atom is 0.317 e. The van der Waals surface area contributed by atoms with Crippen LogP contribution < -0.4 is 4.74 Å². The van der Waals surface area contributed by atoms with Gasteiger partial charge in [0.1, 0.15) is 5.75 Å². The second-order valence-electron chi connectivity index (χ2n) is 5.41. The molecule has 0 bridgehead atoms.